The van der Waals surface area contributed by atoms with Gasteiger partial charge in [0.15, 0.2) is 10.9 Å². The number of piperazine rings is 1. The Balaban J connectivity index is 1.43. The van der Waals surface area contributed by atoms with Gasteiger partial charge in [0.1, 0.15) is 23.8 Å². The third-order valence-corrected chi connectivity index (χ3v) is 10.6. The smallest absolute Gasteiger partial charge is 0.319 e. The van der Waals surface area contributed by atoms with E-state index in [1.165, 1.54) is 18.2 Å². The van der Waals surface area contributed by atoms with Crippen LogP contribution in [0.4, 0.5) is 19.7 Å². The fourth-order valence-corrected chi connectivity index (χ4v) is 7.67. The van der Waals surface area contributed by atoms with Crippen LogP contribution in [0.15, 0.2) is 30.9 Å². The molecule has 0 radical (unpaired) electrons. The quantitative estimate of drug-likeness (QED) is 0.212. The minimum atomic E-state index is -0.957. The summed E-state index contributed by atoms with van der Waals surface area (Å²) in [6.45, 7) is 14.9. The molecule has 13 heteroatoms. The van der Waals surface area contributed by atoms with Gasteiger partial charge in [0.25, 0.3) is 5.54 Å². The van der Waals surface area contributed by atoms with Crippen LogP contribution in [0, 0.1) is 18.2 Å². The van der Waals surface area contributed by atoms with Crippen molar-refractivity contribution >= 4 is 49.3 Å². The lowest BCUT2D eigenvalue weighted by Gasteiger charge is -2.36. The Hall–Kier alpha value is -4.41. The summed E-state index contributed by atoms with van der Waals surface area (Å²) in [5, 5.41) is 0.620. The molecule has 2 aromatic carbocycles. The molecule has 7 rings (SSSR count). The number of halogens is 2. The van der Waals surface area contributed by atoms with Crippen molar-refractivity contribution in [3.63, 3.8) is 0 Å². The van der Waals surface area contributed by atoms with E-state index in [4.69, 9.17) is 22.0 Å². The van der Waals surface area contributed by atoms with E-state index in [9.17, 15) is 9.18 Å². The lowest BCUT2D eigenvalue weighted by molar-refractivity contribution is -0.126. The Morgan fingerprint density at radius 3 is 2.61 bits per heavy atom. The number of fused-ring (bicyclic) bond motifs is 2. The van der Waals surface area contributed by atoms with Gasteiger partial charge < -0.3 is 30.0 Å². The van der Waals surface area contributed by atoms with Crippen molar-refractivity contribution in [3.05, 3.63) is 59.5 Å². The number of carbonyl (C=O) groups is 1. The number of benzene rings is 2. The molecule has 10 nitrogen and oxygen atoms in total. The summed E-state index contributed by atoms with van der Waals surface area (Å²) in [7, 11) is 2.05. The third-order valence-electron chi connectivity index (χ3n) is 9.71. The minimum absolute atomic E-state index is 0.0447. The highest BCUT2D eigenvalue weighted by molar-refractivity contribution is 7.22. The number of nitrogens with two attached hydrogens (primary N) is 1. The van der Waals surface area contributed by atoms with Crippen LogP contribution in [0.5, 0.6) is 6.01 Å². The van der Waals surface area contributed by atoms with E-state index in [1.807, 2.05) is 18.0 Å². The Morgan fingerprint density at radius 2 is 1.96 bits per heavy atom. The highest BCUT2D eigenvalue weighted by Gasteiger charge is 2.49. The maximum Gasteiger partial charge on any atom is 0.319 e. The number of likely N-dealkylation sites (tertiary alicyclic amines) is 1. The first-order valence-electron chi connectivity index (χ1n) is 15.5. The molecule has 2 aliphatic heterocycles. The molecule has 4 aromatic rings. The number of aromatic nitrogens is 3. The number of hydrogen-bond acceptors (Lipinski definition) is 9. The van der Waals surface area contributed by atoms with Gasteiger partial charge in [-0.15, -0.1) is 0 Å². The molecule has 0 unspecified atom stereocenters. The number of anilines is 2. The molecule has 4 heterocycles. The van der Waals surface area contributed by atoms with Gasteiger partial charge in [0.2, 0.25) is 5.91 Å². The monoisotopic (exact) mass is 644 g/mol. The van der Waals surface area contributed by atoms with Crippen LogP contribution in [-0.4, -0.2) is 83.1 Å². The molecule has 1 aliphatic carbocycles. The van der Waals surface area contributed by atoms with Crippen LogP contribution in [0.25, 0.3) is 37.1 Å². The molecule has 0 bridgehead atoms. The van der Waals surface area contributed by atoms with Crippen LogP contribution in [0.3, 0.4) is 0 Å². The minimum Gasteiger partial charge on any atom is -0.462 e. The van der Waals surface area contributed by atoms with E-state index in [0.29, 0.717) is 68.0 Å². The van der Waals surface area contributed by atoms with Crippen molar-refractivity contribution in [2.24, 2.45) is 0 Å². The second kappa shape index (κ2) is 11.7. The van der Waals surface area contributed by atoms with Gasteiger partial charge in [-0.1, -0.05) is 17.9 Å². The number of ether oxygens (including phenoxy) is 1. The molecule has 1 saturated carbocycles. The maximum atomic E-state index is 17.3. The molecule has 238 valence electrons. The average molecular weight is 645 g/mol. The van der Waals surface area contributed by atoms with Gasteiger partial charge >= 0.3 is 6.01 Å². The zero-order valence-electron chi connectivity index (χ0n) is 25.6. The number of nitrogens with zero attached hydrogens (tertiary/aromatic N) is 7. The van der Waals surface area contributed by atoms with Crippen LogP contribution >= 0.6 is 11.3 Å². The Morgan fingerprint density at radius 1 is 1.17 bits per heavy atom. The molecule has 46 heavy (non-hydrogen) atoms. The predicted molar refractivity (Wildman–Crippen MR) is 175 cm³/mol. The van der Waals surface area contributed by atoms with Gasteiger partial charge in [-0.25, -0.2) is 20.3 Å². The molecule has 1 amide bonds. The molecular weight excluding hydrogens is 610 g/mol. The summed E-state index contributed by atoms with van der Waals surface area (Å²) in [4.78, 5) is 36.1. The molecule has 0 spiro atoms. The first-order chi connectivity index (χ1) is 22.2. The van der Waals surface area contributed by atoms with E-state index in [2.05, 4.69) is 26.3 Å². The predicted octanol–water partition coefficient (Wildman–Crippen LogP) is 5.37. The molecule has 2 aromatic heterocycles. The van der Waals surface area contributed by atoms with Crippen LogP contribution in [0.1, 0.15) is 37.7 Å². The molecule has 3 fully saturated rings. The topological polar surface area (TPSA) is 105 Å². The normalized spacial score (nSPS) is 19.7. The number of likely N-dealkylation sites (N-methyl/N-ethyl adjacent to an activating group) is 1. The maximum absolute atomic E-state index is 17.3. The van der Waals surface area contributed by atoms with Gasteiger partial charge in [-0.3, -0.25) is 4.79 Å². The van der Waals surface area contributed by atoms with Crippen molar-refractivity contribution in [2.75, 3.05) is 57.0 Å². The number of rotatable bonds is 7. The number of hydrogen-bond donors (Lipinski definition) is 1. The van der Waals surface area contributed by atoms with Gasteiger partial charge in [-0.2, -0.15) is 9.97 Å². The summed E-state index contributed by atoms with van der Waals surface area (Å²) >= 11 is 1.00. The number of amides is 1. The van der Waals surface area contributed by atoms with Gasteiger partial charge in [0.05, 0.1) is 10.2 Å². The van der Waals surface area contributed by atoms with Crippen molar-refractivity contribution in [3.8, 4) is 17.1 Å². The van der Waals surface area contributed by atoms with Crippen LogP contribution in [-0.2, 0) is 10.3 Å². The Bertz CT molecular complexity index is 1910. The molecule has 2 N–H and O–H groups in total. The number of carbonyl (C=O) groups excluding carboxylic acids is 1. The van der Waals surface area contributed by atoms with Crippen LogP contribution < -0.4 is 15.4 Å². The largest absolute Gasteiger partial charge is 0.462 e. The van der Waals surface area contributed by atoms with Crippen LogP contribution in [0.2, 0.25) is 0 Å². The molecule has 1 atom stereocenters. The van der Waals surface area contributed by atoms with E-state index in [0.717, 1.165) is 37.1 Å². The standard InChI is InChI=1S/C33H34F2N8O2S/c1-4-24(44)42-13-15-43(16-14-42)30-21-17-22(33(37-2)10-6-11-33)25(20-8-9-23(34)29-28(20)38-31(36)46-29)26(35)27(21)39-32(40-30)45-18-19-7-5-12-41(19)3/h4,8-9,17,19H,1,5-7,10-16,18H2,3H3,(H2,36,38)/t19-/m0/s1. The van der Waals surface area contributed by atoms with E-state index < -0.39 is 17.2 Å². The average Bonchev–Trinajstić information content (AvgIpc) is 3.65. The second-order valence-corrected chi connectivity index (χ2v) is 13.3. The fraction of sp³-hybridized carbons (Fsp3) is 0.424. The SMILES string of the molecule is [C-]#[N+]C1(c2cc3c(N4CCN(C(=O)C=C)CC4)nc(OC[C@@H]4CCCN4C)nc3c(F)c2-c2ccc(F)c3sc(N)nc23)CCC1. The van der Waals surface area contributed by atoms with E-state index in [1.54, 1.807) is 4.90 Å². The zero-order valence-corrected chi connectivity index (χ0v) is 26.4. The van der Waals surface area contributed by atoms with Crippen molar-refractivity contribution in [1.29, 1.82) is 0 Å². The first kappa shape index (κ1) is 30.3. The lowest BCUT2D eigenvalue weighted by atomic mass is 9.70. The van der Waals surface area contributed by atoms with Crippen molar-refractivity contribution in [1.82, 2.24) is 24.8 Å². The molecule has 3 aliphatic rings. The third kappa shape index (κ3) is 5.00. The summed E-state index contributed by atoms with van der Waals surface area (Å²) in [6, 6.07) is 4.87. The van der Waals surface area contributed by atoms with Crippen molar-refractivity contribution in [2.45, 2.75) is 43.7 Å². The lowest BCUT2D eigenvalue weighted by Crippen LogP contribution is -2.48. The zero-order chi connectivity index (χ0) is 32.2. The Kier molecular flexibility index (Phi) is 7.73. The van der Waals surface area contributed by atoms with E-state index in [-0.39, 0.29) is 44.4 Å². The summed E-state index contributed by atoms with van der Waals surface area (Å²) in [6.07, 6.45) is 5.30. The number of nitrogen functional groups attached to an aromatic ring is 1. The summed E-state index contributed by atoms with van der Waals surface area (Å²) in [5.74, 6) is -0.801. The second-order valence-electron chi connectivity index (χ2n) is 12.3. The highest BCUT2D eigenvalue weighted by atomic mass is 32.1. The van der Waals surface area contributed by atoms with Crippen molar-refractivity contribution < 1.29 is 18.3 Å². The van der Waals surface area contributed by atoms with E-state index >= 15 is 4.39 Å². The molecular formula is C33H34F2N8O2S. The fourth-order valence-electron chi connectivity index (χ4n) is 6.90. The van der Waals surface area contributed by atoms with Gasteiger partial charge in [0, 0.05) is 67.1 Å². The summed E-state index contributed by atoms with van der Waals surface area (Å²) in [5.41, 5.74) is 6.37. The highest BCUT2D eigenvalue weighted by Crippen LogP contribution is 2.52. The number of thiazole rings is 1. The van der Waals surface area contributed by atoms with Gasteiger partial charge in [-0.05, 0) is 57.1 Å². The first-order valence-corrected chi connectivity index (χ1v) is 16.3. The Labute approximate surface area is 269 Å². The molecule has 2 saturated heterocycles. The summed E-state index contributed by atoms with van der Waals surface area (Å²) < 4.78 is 38.6.